The quantitative estimate of drug-likeness (QED) is 0.766. The molecule has 2 nitrogen and oxygen atoms in total. The van der Waals surface area contributed by atoms with Crippen molar-refractivity contribution in [3.05, 3.63) is 29.8 Å². The number of nitrogens with one attached hydrogen (secondary N) is 2. The fourth-order valence-corrected chi connectivity index (χ4v) is 1.80. The smallest absolute Gasteiger partial charge is 0.171 e. The summed E-state index contributed by atoms with van der Waals surface area (Å²) in [6.45, 7) is 2.15. The van der Waals surface area contributed by atoms with E-state index in [1.54, 1.807) is 0 Å². The van der Waals surface area contributed by atoms with Gasteiger partial charge in [0, 0.05) is 11.7 Å². The zero-order valence-corrected chi connectivity index (χ0v) is 9.73. The molecule has 0 aliphatic heterocycles. The molecule has 0 spiro atoms. The molecule has 0 radical (unpaired) electrons. The number of para-hydroxylation sites is 1. The summed E-state index contributed by atoms with van der Waals surface area (Å²) in [6.07, 6.45) is 3.52. The first-order chi connectivity index (χ1) is 7.29. The summed E-state index contributed by atoms with van der Waals surface area (Å²) in [5.41, 5.74) is 2.43. The van der Waals surface area contributed by atoms with Gasteiger partial charge in [-0.2, -0.15) is 0 Å². The van der Waals surface area contributed by atoms with Crippen molar-refractivity contribution in [2.45, 2.75) is 32.2 Å². The molecule has 0 heterocycles. The van der Waals surface area contributed by atoms with E-state index in [9.17, 15) is 0 Å². The van der Waals surface area contributed by atoms with Gasteiger partial charge in [0.1, 0.15) is 0 Å². The van der Waals surface area contributed by atoms with Crippen LogP contribution in [0.5, 0.6) is 0 Å². The molecule has 1 fully saturated rings. The number of hydrogen-bond donors (Lipinski definition) is 2. The zero-order valence-electron chi connectivity index (χ0n) is 8.92. The minimum atomic E-state index is 0.610. The van der Waals surface area contributed by atoms with Crippen LogP contribution in [-0.2, 0) is 6.42 Å². The summed E-state index contributed by atoms with van der Waals surface area (Å²) < 4.78 is 0. The lowest BCUT2D eigenvalue weighted by atomic mass is 10.1. The summed E-state index contributed by atoms with van der Waals surface area (Å²) in [4.78, 5) is 0. The summed E-state index contributed by atoms with van der Waals surface area (Å²) in [7, 11) is 0. The lowest BCUT2D eigenvalue weighted by molar-refractivity contribution is 0.918. The molecule has 1 aliphatic rings. The van der Waals surface area contributed by atoms with Crippen LogP contribution in [0.3, 0.4) is 0 Å². The second-order valence-electron chi connectivity index (χ2n) is 3.88. The number of anilines is 1. The zero-order chi connectivity index (χ0) is 10.7. The fourth-order valence-electron chi connectivity index (χ4n) is 1.52. The molecule has 0 atom stereocenters. The Kier molecular flexibility index (Phi) is 3.21. The highest BCUT2D eigenvalue weighted by Gasteiger charge is 2.21. The van der Waals surface area contributed by atoms with Crippen LogP contribution in [0, 0.1) is 0 Å². The molecule has 80 valence electrons. The Bertz CT molecular complexity index is 358. The van der Waals surface area contributed by atoms with Crippen LogP contribution in [0.2, 0.25) is 0 Å². The largest absolute Gasteiger partial charge is 0.360 e. The average molecular weight is 220 g/mol. The third kappa shape index (κ3) is 2.93. The van der Waals surface area contributed by atoms with E-state index in [0.717, 1.165) is 17.2 Å². The number of aryl methyl sites for hydroxylation is 1. The van der Waals surface area contributed by atoms with Gasteiger partial charge in [-0.25, -0.2) is 0 Å². The third-order valence-electron chi connectivity index (χ3n) is 2.56. The predicted octanol–water partition coefficient (Wildman–Crippen LogP) is 2.70. The van der Waals surface area contributed by atoms with Crippen molar-refractivity contribution in [1.29, 1.82) is 0 Å². The topological polar surface area (TPSA) is 24.1 Å². The Hall–Kier alpha value is -1.09. The lowest BCUT2D eigenvalue weighted by Gasteiger charge is -2.12. The highest BCUT2D eigenvalue weighted by molar-refractivity contribution is 7.80. The van der Waals surface area contributed by atoms with E-state index in [4.69, 9.17) is 12.2 Å². The maximum absolute atomic E-state index is 5.24. The maximum Gasteiger partial charge on any atom is 0.171 e. The monoisotopic (exact) mass is 220 g/mol. The third-order valence-corrected chi connectivity index (χ3v) is 2.78. The van der Waals surface area contributed by atoms with Crippen LogP contribution in [0.15, 0.2) is 24.3 Å². The number of thiocarbonyl (C=S) groups is 1. The van der Waals surface area contributed by atoms with Gasteiger partial charge in [0.05, 0.1) is 0 Å². The van der Waals surface area contributed by atoms with Crippen LogP contribution in [0.25, 0.3) is 0 Å². The number of benzene rings is 1. The molecule has 2 N–H and O–H groups in total. The van der Waals surface area contributed by atoms with Gasteiger partial charge in [-0.1, -0.05) is 25.1 Å². The number of hydrogen-bond acceptors (Lipinski definition) is 1. The SMILES string of the molecule is CCc1ccccc1NC(=S)NC1CC1. The summed E-state index contributed by atoms with van der Waals surface area (Å²) in [5, 5.41) is 7.28. The van der Waals surface area contributed by atoms with Crippen molar-refractivity contribution in [2.24, 2.45) is 0 Å². The molecule has 15 heavy (non-hydrogen) atoms. The minimum absolute atomic E-state index is 0.610. The van der Waals surface area contributed by atoms with E-state index in [0.29, 0.717) is 6.04 Å². The van der Waals surface area contributed by atoms with Crippen LogP contribution in [-0.4, -0.2) is 11.2 Å². The van der Waals surface area contributed by atoms with Gasteiger partial charge in [0.25, 0.3) is 0 Å². The number of rotatable bonds is 3. The van der Waals surface area contributed by atoms with Crippen molar-refractivity contribution >= 4 is 23.0 Å². The van der Waals surface area contributed by atoms with Gasteiger partial charge in [0.2, 0.25) is 0 Å². The standard InChI is InChI=1S/C12H16N2S/c1-2-9-5-3-4-6-11(9)14-12(15)13-10-7-8-10/h3-6,10H,2,7-8H2,1H3,(H2,13,14,15). The van der Waals surface area contributed by atoms with Crippen LogP contribution in [0.4, 0.5) is 5.69 Å². The van der Waals surface area contributed by atoms with Crippen molar-refractivity contribution in [2.75, 3.05) is 5.32 Å². The fraction of sp³-hybridized carbons (Fsp3) is 0.417. The van der Waals surface area contributed by atoms with Gasteiger partial charge < -0.3 is 10.6 Å². The normalized spacial score (nSPS) is 14.7. The van der Waals surface area contributed by atoms with E-state index < -0.39 is 0 Å². The van der Waals surface area contributed by atoms with Crippen molar-refractivity contribution in [3.63, 3.8) is 0 Å². The Balaban J connectivity index is 1.98. The molecule has 2 rings (SSSR count). The van der Waals surface area contributed by atoms with Crippen molar-refractivity contribution in [3.8, 4) is 0 Å². The van der Waals surface area contributed by atoms with Gasteiger partial charge in [-0.05, 0) is 43.1 Å². The molecule has 0 saturated heterocycles. The Morgan fingerprint density at radius 3 is 2.80 bits per heavy atom. The van der Waals surface area contributed by atoms with E-state index in [-0.39, 0.29) is 0 Å². The highest BCUT2D eigenvalue weighted by atomic mass is 32.1. The molecule has 1 aromatic rings. The predicted molar refractivity (Wildman–Crippen MR) is 68.2 cm³/mol. The van der Waals surface area contributed by atoms with E-state index in [1.807, 2.05) is 6.07 Å². The molecule has 0 aromatic heterocycles. The van der Waals surface area contributed by atoms with Crippen LogP contribution < -0.4 is 10.6 Å². The summed E-state index contributed by atoms with van der Waals surface area (Å²) >= 11 is 5.24. The van der Waals surface area contributed by atoms with Gasteiger partial charge in [0.15, 0.2) is 5.11 Å². The molecule has 0 bridgehead atoms. The summed E-state index contributed by atoms with van der Waals surface area (Å²) in [6, 6.07) is 8.89. The minimum Gasteiger partial charge on any atom is -0.360 e. The average Bonchev–Trinajstić information content (AvgIpc) is 3.02. The van der Waals surface area contributed by atoms with E-state index in [2.05, 4.69) is 35.8 Å². The molecule has 1 saturated carbocycles. The molecular weight excluding hydrogens is 204 g/mol. The van der Waals surface area contributed by atoms with Gasteiger partial charge >= 0.3 is 0 Å². The Morgan fingerprint density at radius 2 is 2.13 bits per heavy atom. The van der Waals surface area contributed by atoms with E-state index in [1.165, 1.54) is 18.4 Å². The first-order valence-corrected chi connectivity index (χ1v) is 5.86. The second kappa shape index (κ2) is 4.62. The molecular formula is C12H16N2S. The van der Waals surface area contributed by atoms with E-state index >= 15 is 0 Å². The Labute approximate surface area is 96.1 Å². The van der Waals surface area contributed by atoms with Gasteiger partial charge in [-0.3, -0.25) is 0 Å². The summed E-state index contributed by atoms with van der Waals surface area (Å²) in [5.74, 6) is 0. The molecule has 0 unspecified atom stereocenters. The van der Waals surface area contributed by atoms with Crippen LogP contribution in [0.1, 0.15) is 25.3 Å². The first kappa shape index (κ1) is 10.4. The first-order valence-electron chi connectivity index (χ1n) is 5.45. The van der Waals surface area contributed by atoms with Gasteiger partial charge in [-0.15, -0.1) is 0 Å². The Morgan fingerprint density at radius 1 is 1.40 bits per heavy atom. The molecule has 0 amide bonds. The van der Waals surface area contributed by atoms with Crippen LogP contribution >= 0.6 is 12.2 Å². The second-order valence-corrected chi connectivity index (χ2v) is 4.29. The lowest BCUT2D eigenvalue weighted by Crippen LogP contribution is -2.30. The molecule has 3 heteroatoms. The highest BCUT2D eigenvalue weighted by Crippen LogP contribution is 2.20. The molecule has 1 aliphatic carbocycles. The van der Waals surface area contributed by atoms with Crippen molar-refractivity contribution in [1.82, 2.24) is 5.32 Å². The molecule has 1 aromatic carbocycles. The van der Waals surface area contributed by atoms with Crippen molar-refractivity contribution < 1.29 is 0 Å². The maximum atomic E-state index is 5.24.